The molecule has 0 radical (unpaired) electrons. The zero-order valence-electron chi connectivity index (χ0n) is 18.2. The summed E-state index contributed by atoms with van der Waals surface area (Å²) in [5.74, 6) is -1.50. The first-order valence-corrected chi connectivity index (χ1v) is 11.7. The van der Waals surface area contributed by atoms with Crippen molar-refractivity contribution in [2.24, 2.45) is 0 Å². The minimum Gasteiger partial charge on any atom is -0.451 e. The van der Waals surface area contributed by atoms with E-state index in [4.69, 9.17) is 16.3 Å². The van der Waals surface area contributed by atoms with Gasteiger partial charge in [-0.3, -0.25) is 9.59 Å². The summed E-state index contributed by atoms with van der Waals surface area (Å²) in [4.78, 5) is 36.8. The van der Waals surface area contributed by atoms with Gasteiger partial charge in [0.15, 0.2) is 6.10 Å². The summed E-state index contributed by atoms with van der Waals surface area (Å²) in [6.45, 7) is 3.31. The summed E-state index contributed by atoms with van der Waals surface area (Å²) in [6.07, 6.45) is -0.0276. The van der Waals surface area contributed by atoms with Crippen molar-refractivity contribution in [3.63, 3.8) is 0 Å². The van der Waals surface area contributed by atoms with Crippen LogP contribution in [-0.2, 0) is 19.6 Å². The number of esters is 1. The number of ketones is 1. The highest BCUT2D eigenvalue weighted by molar-refractivity contribution is 7.89. The second-order valence-corrected chi connectivity index (χ2v) is 9.78. The van der Waals surface area contributed by atoms with Gasteiger partial charge in [0.1, 0.15) is 0 Å². The second-order valence-electron chi connectivity index (χ2n) is 7.22. The molecule has 1 atom stereocenters. The Morgan fingerprint density at radius 3 is 2.28 bits per heavy atom. The number of halogens is 1. The maximum absolute atomic E-state index is 12.6. The molecule has 0 aliphatic carbocycles. The van der Waals surface area contributed by atoms with Crippen LogP contribution in [0.25, 0.3) is 0 Å². The van der Waals surface area contributed by atoms with Gasteiger partial charge in [0.25, 0.3) is 0 Å². The Morgan fingerprint density at radius 1 is 1.09 bits per heavy atom. The van der Waals surface area contributed by atoms with Gasteiger partial charge >= 0.3 is 5.97 Å². The van der Waals surface area contributed by atoms with E-state index in [-0.39, 0.29) is 27.0 Å². The molecule has 0 aliphatic rings. The van der Waals surface area contributed by atoms with Gasteiger partial charge in [0, 0.05) is 31.8 Å². The molecule has 0 saturated carbocycles. The fourth-order valence-electron chi connectivity index (χ4n) is 2.71. The standard InChI is InChI=1S/C22H25ClN2O6S/c1-5-6-20(26)24-16-9-7-15(8-10-16)21(27)14(2)31-22(28)18-13-17(11-12-19(18)23)32(29,30)25(3)4/h7-14H,5-6H2,1-4H3,(H,24,26). The number of nitrogens with one attached hydrogen (secondary N) is 1. The zero-order valence-corrected chi connectivity index (χ0v) is 19.8. The van der Waals surface area contributed by atoms with Gasteiger partial charge in [-0.05, 0) is 55.8 Å². The van der Waals surface area contributed by atoms with Crippen molar-refractivity contribution in [2.45, 2.75) is 37.7 Å². The second kappa shape index (κ2) is 10.7. The topological polar surface area (TPSA) is 110 Å². The van der Waals surface area contributed by atoms with E-state index in [9.17, 15) is 22.8 Å². The lowest BCUT2D eigenvalue weighted by molar-refractivity contribution is -0.116. The number of carbonyl (C=O) groups excluding carboxylic acids is 3. The van der Waals surface area contributed by atoms with Gasteiger partial charge in [-0.2, -0.15) is 0 Å². The number of hydrogen-bond donors (Lipinski definition) is 1. The van der Waals surface area contributed by atoms with Crippen LogP contribution < -0.4 is 5.32 Å². The minimum absolute atomic E-state index is 0.000436. The van der Waals surface area contributed by atoms with Crippen LogP contribution in [0.5, 0.6) is 0 Å². The molecule has 1 unspecified atom stereocenters. The number of Topliss-reactive ketones (excluding diaryl/α,β-unsaturated/α-hetero) is 1. The Balaban J connectivity index is 2.14. The van der Waals surface area contributed by atoms with Crippen LogP contribution in [-0.4, -0.2) is 50.6 Å². The van der Waals surface area contributed by atoms with Gasteiger partial charge in [-0.1, -0.05) is 18.5 Å². The third-order valence-electron chi connectivity index (χ3n) is 4.52. The van der Waals surface area contributed by atoms with Crippen molar-refractivity contribution >= 4 is 45.0 Å². The predicted octanol–water partition coefficient (Wildman–Crippen LogP) is 3.76. The monoisotopic (exact) mass is 480 g/mol. The average Bonchev–Trinajstić information content (AvgIpc) is 2.73. The molecular formula is C22H25ClN2O6S. The molecular weight excluding hydrogens is 456 g/mol. The summed E-state index contributed by atoms with van der Waals surface area (Å²) in [6, 6.07) is 9.89. The summed E-state index contributed by atoms with van der Waals surface area (Å²) in [5.41, 5.74) is 0.674. The van der Waals surface area contributed by atoms with Gasteiger partial charge < -0.3 is 10.1 Å². The number of rotatable bonds is 9. The van der Waals surface area contributed by atoms with Crippen molar-refractivity contribution in [3.05, 3.63) is 58.6 Å². The zero-order chi connectivity index (χ0) is 24.1. The predicted molar refractivity (Wildman–Crippen MR) is 122 cm³/mol. The Hall–Kier alpha value is -2.75. The highest BCUT2D eigenvalue weighted by Crippen LogP contribution is 2.24. The molecule has 10 heteroatoms. The molecule has 0 saturated heterocycles. The van der Waals surface area contributed by atoms with Crippen molar-refractivity contribution in [1.82, 2.24) is 4.31 Å². The van der Waals surface area contributed by atoms with Gasteiger partial charge in [0.2, 0.25) is 21.7 Å². The fraction of sp³-hybridized carbons (Fsp3) is 0.318. The lowest BCUT2D eigenvalue weighted by Gasteiger charge is -2.15. The number of ether oxygens (including phenoxy) is 1. The van der Waals surface area contributed by atoms with E-state index in [2.05, 4.69) is 5.32 Å². The Morgan fingerprint density at radius 2 is 1.72 bits per heavy atom. The smallest absolute Gasteiger partial charge is 0.340 e. The van der Waals surface area contributed by atoms with E-state index in [1.54, 1.807) is 12.1 Å². The summed E-state index contributed by atoms with van der Waals surface area (Å²) < 4.78 is 30.9. The van der Waals surface area contributed by atoms with Crippen molar-refractivity contribution in [3.8, 4) is 0 Å². The van der Waals surface area contributed by atoms with Gasteiger partial charge in [-0.25, -0.2) is 17.5 Å². The number of carbonyl (C=O) groups is 3. The number of benzene rings is 2. The van der Waals surface area contributed by atoms with Gasteiger partial charge in [0.05, 0.1) is 15.5 Å². The number of hydrogen-bond acceptors (Lipinski definition) is 6. The summed E-state index contributed by atoms with van der Waals surface area (Å²) in [5, 5.41) is 2.72. The maximum Gasteiger partial charge on any atom is 0.340 e. The van der Waals surface area contributed by atoms with E-state index < -0.39 is 27.9 Å². The van der Waals surface area contributed by atoms with Crippen LogP contribution >= 0.6 is 11.6 Å². The Kier molecular flexibility index (Phi) is 8.54. The number of amides is 1. The van der Waals surface area contributed by atoms with Gasteiger partial charge in [-0.15, -0.1) is 0 Å². The largest absolute Gasteiger partial charge is 0.451 e. The minimum atomic E-state index is -3.78. The molecule has 0 fully saturated rings. The molecule has 0 spiro atoms. The lowest BCUT2D eigenvalue weighted by Crippen LogP contribution is -2.25. The van der Waals surface area contributed by atoms with Crippen molar-refractivity contribution in [1.29, 1.82) is 0 Å². The molecule has 0 bridgehead atoms. The maximum atomic E-state index is 12.6. The summed E-state index contributed by atoms with van der Waals surface area (Å²) in [7, 11) is -1.06. The van der Waals surface area contributed by atoms with Crippen LogP contribution in [0.15, 0.2) is 47.4 Å². The van der Waals surface area contributed by atoms with Crippen molar-refractivity contribution < 1.29 is 27.5 Å². The normalized spacial score (nSPS) is 12.3. The Bertz CT molecular complexity index is 1110. The molecule has 2 aromatic carbocycles. The van der Waals surface area contributed by atoms with E-state index in [0.717, 1.165) is 16.8 Å². The van der Waals surface area contributed by atoms with Crippen LogP contribution in [0.4, 0.5) is 5.69 Å². The first-order valence-electron chi connectivity index (χ1n) is 9.84. The highest BCUT2D eigenvalue weighted by Gasteiger charge is 2.25. The average molecular weight is 481 g/mol. The molecule has 2 rings (SSSR count). The molecule has 0 aliphatic heterocycles. The van der Waals surface area contributed by atoms with Crippen LogP contribution in [0.3, 0.4) is 0 Å². The molecule has 172 valence electrons. The van der Waals surface area contributed by atoms with Crippen LogP contribution in [0.2, 0.25) is 5.02 Å². The number of nitrogens with zero attached hydrogens (tertiary/aromatic N) is 1. The first-order chi connectivity index (χ1) is 15.0. The molecule has 0 aromatic heterocycles. The highest BCUT2D eigenvalue weighted by atomic mass is 35.5. The third-order valence-corrected chi connectivity index (χ3v) is 6.66. The number of sulfonamides is 1. The molecule has 32 heavy (non-hydrogen) atoms. The van der Waals surface area contributed by atoms with Crippen LogP contribution in [0, 0.1) is 0 Å². The molecule has 2 aromatic rings. The molecule has 1 amide bonds. The third kappa shape index (κ3) is 6.15. The van der Waals surface area contributed by atoms with E-state index in [1.165, 1.54) is 45.3 Å². The lowest BCUT2D eigenvalue weighted by atomic mass is 10.1. The SMILES string of the molecule is CCCC(=O)Nc1ccc(C(=O)C(C)OC(=O)c2cc(S(=O)(=O)N(C)C)ccc2Cl)cc1. The fourth-order valence-corrected chi connectivity index (χ4v) is 3.84. The molecule has 0 heterocycles. The van der Waals surface area contributed by atoms with E-state index in [0.29, 0.717) is 12.1 Å². The van der Waals surface area contributed by atoms with Crippen LogP contribution in [0.1, 0.15) is 47.4 Å². The molecule has 1 N–H and O–H groups in total. The van der Waals surface area contributed by atoms with E-state index in [1.807, 2.05) is 6.92 Å². The first kappa shape index (κ1) is 25.5. The summed E-state index contributed by atoms with van der Waals surface area (Å²) >= 11 is 6.05. The molecule has 8 nitrogen and oxygen atoms in total. The quantitative estimate of drug-likeness (QED) is 0.432. The van der Waals surface area contributed by atoms with Crippen molar-refractivity contribution in [2.75, 3.05) is 19.4 Å². The Labute approximate surface area is 192 Å². The van der Waals surface area contributed by atoms with E-state index >= 15 is 0 Å². The number of anilines is 1.